The second kappa shape index (κ2) is 5.75. The third kappa shape index (κ3) is 3.18. The van der Waals surface area contributed by atoms with Gasteiger partial charge < -0.3 is 4.90 Å². The molecular weight excluding hydrogens is 350 g/mol. The molecule has 0 saturated carbocycles. The van der Waals surface area contributed by atoms with Gasteiger partial charge in [-0.15, -0.1) is 0 Å². The molecule has 3 rings (SSSR count). The smallest absolute Gasteiger partial charge is 0.306 e. The second-order valence-electron chi connectivity index (χ2n) is 5.47. The van der Waals surface area contributed by atoms with Crippen molar-refractivity contribution in [2.45, 2.75) is 18.8 Å². The molecule has 0 aliphatic carbocycles. The van der Waals surface area contributed by atoms with E-state index < -0.39 is 35.1 Å². The average molecular weight is 360 g/mol. The molecule has 0 fully saturated rings. The number of carbonyl (C=O) groups excluding carboxylic acids is 1. The van der Waals surface area contributed by atoms with E-state index in [2.05, 4.69) is 4.98 Å². The summed E-state index contributed by atoms with van der Waals surface area (Å²) in [6, 6.07) is 3.35. The van der Waals surface area contributed by atoms with E-state index in [-0.39, 0.29) is 24.1 Å². The Morgan fingerprint density at radius 3 is 2.36 bits per heavy atom. The molecule has 0 saturated heterocycles. The standard InChI is InChI=1S/C16H10F6N2O/c17-15(18,19)10-1-2-11-9(7-10)4-6-24(14(11)25)13-8-23-5-3-12(13)16(20,21)22/h1-3,5,7-8H,4,6H2. The first-order chi connectivity index (χ1) is 11.6. The Balaban J connectivity index is 2.01. The lowest BCUT2D eigenvalue weighted by atomic mass is 9.95. The third-order valence-electron chi connectivity index (χ3n) is 3.91. The summed E-state index contributed by atoms with van der Waals surface area (Å²) in [4.78, 5) is 17.0. The number of anilines is 1. The summed E-state index contributed by atoms with van der Waals surface area (Å²) in [6.45, 7) is -0.165. The zero-order valence-electron chi connectivity index (χ0n) is 12.4. The van der Waals surface area contributed by atoms with Gasteiger partial charge in [0.1, 0.15) is 0 Å². The zero-order valence-corrected chi connectivity index (χ0v) is 12.4. The number of hydrogen-bond acceptors (Lipinski definition) is 2. The molecule has 0 atom stereocenters. The van der Waals surface area contributed by atoms with E-state index in [1.807, 2.05) is 0 Å². The van der Waals surface area contributed by atoms with Crippen LogP contribution in [-0.2, 0) is 18.8 Å². The predicted octanol–water partition coefficient (Wildman–Crippen LogP) is 4.32. The van der Waals surface area contributed by atoms with Crippen LogP contribution in [0.5, 0.6) is 0 Å². The lowest BCUT2D eigenvalue weighted by Gasteiger charge is -2.30. The molecule has 3 nitrogen and oxygen atoms in total. The van der Waals surface area contributed by atoms with Crippen molar-refractivity contribution in [2.75, 3.05) is 11.4 Å². The fourth-order valence-corrected chi connectivity index (χ4v) is 2.74. The molecule has 25 heavy (non-hydrogen) atoms. The number of fused-ring (bicyclic) bond motifs is 1. The summed E-state index contributed by atoms with van der Waals surface area (Å²) in [5.74, 6) is -0.784. The Morgan fingerprint density at radius 1 is 1.00 bits per heavy atom. The molecule has 0 bridgehead atoms. The van der Waals surface area contributed by atoms with Gasteiger partial charge in [-0.1, -0.05) is 0 Å². The largest absolute Gasteiger partial charge is 0.418 e. The van der Waals surface area contributed by atoms with Crippen LogP contribution in [0.2, 0.25) is 0 Å². The van der Waals surface area contributed by atoms with E-state index >= 15 is 0 Å². The summed E-state index contributed by atoms with van der Waals surface area (Å²) in [5, 5.41) is 0. The highest BCUT2D eigenvalue weighted by molar-refractivity contribution is 6.08. The van der Waals surface area contributed by atoms with Gasteiger partial charge in [-0.2, -0.15) is 26.3 Å². The Hall–Kier alpha value is -2.58. The van der Waals surface area contributed by atoms with Crippen molar-refractivity contribution in [1.82, 2.24) is 4.98 Å². The Kier molecular flexibility index (Phi) is 3.97. The number of amides is 1. The van der Waals surface area contributed by atoms with Crippen LogP contribution < -0.4 is 4.90 Å². The van der Waals surface area contributed by atoms with Crippen molar-refractivity contribution < 1.29 is 31.1 Å². The number of rotatable bonds is 1. The van der Waals surface area contributed by atoms with E-state index in [4.69, 9.17) is 0 Å². The Bertz CT molecular complexity index is 828. The third-order valence-corrected chi connectivity index (χ3v) is 3.91. The molecule has 0 unspecified atom stereocenters. The highest BCUT2D eigenvalue weighted by Gasteiger charge is 2.38. The molecule has 1 aliphatic heterocycles. The van der Waals surface area contributed by atoms with Crippen LogP contribution in [0.25, 0.3) is 0 Å². The SMILES string of the molecule is O=C1c2ccc(C(F)(F)F)cc2CCN1c1cnccc1C(F)(F)F. The van der Waals surface area contributed by atoms with Crippen molar-refractivity contribution in [1.29, 1.82) is 0 Å². The molecule has 1 amide bonds. The van der Waals surface area contributed by atoms with Crippen molar-refractivity contribution in [3.05, 3.63) is 58.9 Å². The summed E-state index contributed by atoms with van der Waals surface area (Å²) in [7, 11) is 0. The summed E-state index contributed by atoms with van der Waals surface area (Å²) < 4.78 is 77.6. The fourth-order valence-electron chi connectivity index (χ4n) is 2.74. The lowest BCUT2D eigenvalue weighted by molar-refractivity contribution is -0.138. The average Bonchev–Trinajstić information content (AvgIpc) is 2.53. The molecular formula is C16H10F6N2O. The maximum Gasteiger partial charge on any atom is 0.418 e. The number of pyridine rings is 1. The predicted molar refractivity (Wildman–Crippen MR) is 76.1 cm³/mol. The fraction of sp³-hybridized carbons (Fsp3) is 0.250. The molecule has 2 aromatic rings. The van der Waals surface area contributed by atoms with E-state index in [0.717, 1.165) is 41.6 Å². The second-order valence-corrected chi connectivity index (χ2v) is 5.47. The lowest BCUT2D eigenvalue weighted by Crippen LogP contribution is -2.39. The Morgan fingerprint density at radius 2 is 1.72 bits per heavy atom. The number of alkyl halides is 6. The van der Waals surface area contributed by atoms with Gasteiger partial charge >= 0.3 is 12.4 Å². The van der Waals surface area contributed by atoms with Crippen LogP contribution in [0.15, 0.2) is 36.7 Å². The first kappa shape index (κ1) is 17.2. The number of halogens is 6. The monoisotopic (exact) mass is 360 g/mol. The van der Waals surface area contributed by atoms with Crippen LogP contribution in [0.1, 0.15) is 27.0 Å². The Labute approximate surface area is 137 Å². The van der Waals surface area contributed by atoms with E-state index in [0.29, 0.717) is 0 Å². The maximum atomic E-state index is 13.1. The van der Waals surface area contributed by atoms with E-state index in [1.165, 1.54) is 0 Å². The van der Waals surface area contributed by atoms with Crippen LogP contribution in [-0.4, -0.2) is 17.4 Å². The van der Waals surface area contributed by atoms with Gasteiger partial charge in [0.05, 0.1) is 23.0 Å². The highest BCUT2D eigenvalue weighted by atomic mass is 19.4. The highest BCUT2D eigenvalue weighted by Crippen LogP contribution is 2.38. The molecule has 1 aromatic carbocycles. The molecule has 2 heterocycles. The molecule has 132 valence electrons. The molecule has 0 spiro atoms. The van der Waals surface area contributed by atoms with Gasteiger partial charge in [-0.25, -0.2) is 0 Å². The van der Waals surface area contributed by atoms with Gasteiger partial charge in [0.2, 0.25) is 0 Å². The van der Waals surface area contributed by atoms with Crippen LogP contribution in [0.4, 0.5) is 32.0 Å². The maximum absolute atomic E-state index is 13.1. The van der Waals surface area contributed by atoms with Crippen LogP contribution in [0.3, 0.4) is 0 Å². The molecule has 0 N–H and O–H groups in total. The summed E-state index contributed by atoms with van der Waals surface area (Å²) in [6.07, 6.45) is -7.34. The normalized spacial score (nSPS) is 15.3. The van der Waals surface area contributed by atoms with Crippen molar-refractivity contribution in [3.63, 3.8) is 0 Å². The zero-order chi connectivity index (χ0) is 18.4. The minimum absolute atomic E-state index is 0.0111. The number of carbonyl (C=O) groups is 1. The van der Waals surface area contributed by atoms with Crippen molar-refractivity contribution in [2.24, 2.45) is 0 Å². The van der Waals surface area contributed by atoms with Crippen molar-refractivity contribution in [3.8, 4) is 0 Å². The van der Waals surface area contributed by atoms with E-state index in [1.54, 1.807) is 0 Å². The van der Waals surface area contributed by atoms with Crippen LogP contribution in [0, 0.1) is 0 Å². The molecule has 1 aliphatic rings. The number of hydrogen-bond donors (Lipinski definition) is 0. The quantitative estimate of drug-likeness (QED) is 0.710. The number of benzene rings is 1. The minimum atomic E-state index is -4.68. The van der Waals surface area contributed by atoms with Gasteiger partial charge in [0.25, 0.3) is 5.91 Å². The summed E-state index contributed by atoms with van der Waals surface area (Å²) >= 11 is 0. The van der Waals surface area contributed by atoms with Gasteiger partial charge in [0, 0.05) is 18.3 Å². The molecule has 0 radical (unpaired) electrons. The van der Waals surface area contributed by atoms with Crippen LogP contribution >= 0.6 is 0 Å². The topological polar surface area (TPSA) is 33.2 Å². The van der Waals surface area contributed by atoms with Crippen molar-refractivity contribution >= 4 is 11.6 Å². The van der Waals surface area contributed by atoms with Gasteiger partial charge in [-0.05, 0) is 36.2 Å². The van der Waals surface area contributed by atoms with E-state index in [9.17, 15) is 31.1 Å². The molecule has 1 aromatic heterocycles. The molecule has 9 heteroatoms. The minimum Gasteiger partial charge on any atom is -0.306 e. The first-order valence-electron chi connectivity index (χ1n) is 7.12. The van der Waals surface area contributed by atoms with Gasteiger partial charge in [-0.3, -0.25) is 9.78 Å². The number of nitrogens with zero attached hydrogens (tertiary/aromatic N) is 2. The number of aromatic nitrogens is 1. The van der Waals surface area contributed by atoms with Gasteiger partial charge in [0.15, 0.2) is 0 Å². The summed E-state index contributed by atoms with van der Waals surface area (Å²) in [5.41, 5.74) is -2.22. The first-order valence-corrected chi connectivity index (χ1v) is 7.12.